The predicted octanol–water partition coefficient (Wildman–Crippen LogP) is 3.17. The van der Waals surface area contributed by atoms with E-state index >= 15 is 0 Å². The summed E-state index contributed by atoms with van der Waals surface area (Å²) in [5.41, 5.74) is 0. The minimum absolute atomic E-state index is 0.0830. The van der Waals surface area contributed by atoms with Crippen LogP contribution in [0.1, 0.15) is 36.4 Å². The van der Waals surface area contributed by atoms with Crippen LogP contribution < -0.4 is 0 Å². The van der Waals surface area contributed by atoms with Gasteiger partial charge in [-0.2, -0.15) is 4.31 Å². The van der Waals surface area contributed by atoms with E-state index in [4.69, 9.17) is 0 Å². The smallest absolute Gasteiger partial charge is 0.207 e. The van der Waals surface area contributed by atoms with Gasteiger partial charge in [0.15, 0.2) is 0 Å². The highest BCUT2D eigenvalue weighted by Crippen LogP contribution is 2.28. The molecule has 0 fully saturated rings. The number of rotatable bonds is 5. The Labute approximate surface area is 109 Å². The van der Waals surface area contributed by atoms with Crippen LogP contribution in [0.5, 0.6) is 0 Å². The SMILES string of the molecule is CCC(CC)N(C)S(=O)(=O)c1cc(C)sc1C. The summed E-state index contributed by atoms with van der Waals surface area (Å²) in [5.74, 6) is 0. The van der Waals surface area contributed by atoms with Gasteiger partial charge in [-0.1, -0.05) is 13.8 Å². The second-order valence-electron chi connectivity index (χ2n) is 4.27. The van der Waals surface area contributed by atoms with Gasteiger partial charge in [0.05, 0.1) is 4.90 Å². The van der Waals surface area contributed by atoms with Crippen molar-refractivity contribution >= 4 is 21.4 Å². The lowest BCUT2D eigenvalue weighted by Gasteiger charge is -2.25. The molecule has 0 aliphatic heterocycles. The summed E-state index contributed by atoms with van der Waals surface area (Å²) < 4.78 is 26.4. The standard InChI is InChI=1S/C12H21NO2S2/c1-6-11(7-2)13(5)17(14,15)12-8-9(3)16-10(12)4/h8,11H,6-7H2,1-5H3. The third-order valence-electron chi connectivity index (χ3n) is 3.11. The number of nitrogens with zero attached hydrogens (tertiary/aromatic N) is 1. The second kappa shape index (κ2) is 5.50. The summed E-state index contributed by atoms with van der Waals surface area (Å²) in [6.07, 6.45) is 1.68. The molecule has 1 heterocycles. The zero-order chi connectivity index (χ0) is 13.2. The van der Waals surface area contributed by atoms with E-state index in [9.17, 15) is 8.42 Å². The van der Waals surface area contributed by atoms with Crippen molar-refractivity contribution in [3.05, 3.63) is 15.8 Å². The van der Waals surface area contributed by atoms with Gasteiger partial charge in [-0.3, -0.25) is 0 Å². The van der Waals surface area contributed by atoms with Crippen molar-refractivity contribution in [1.82, 2.24) is 4.31 Å². The lowest BCUT2D eigenvalue weighted by atomic mass is 10.2. The van der Waals surface area contributed by atoms with Crippen LogP contribution in [0, 0.1) is 13.8 Å². The Morgan fingerprint density at radius 1 is 1.29 bits per heavy atom. The molecule has 98 valence electrons. The fourth-order valence-electron chi connectivity index (χ4n) is 2.02. The lowest BCUT2D eigenvalue weighted by molar-refractivity contribution is 0.349. The topological polar surface area (TPSA) is 37.4 Å². The van der Waals surface area contributed by atoms with Gasteiger partial charge in [-0.25, -0.2) is 8.42 Å². The molecule has 0 aromatic carbocycles. The average Bonchev–Trinajstić information content (AvgIpc) is 2.60. The monoisotopic (exact) mass is 275 g/mol. The normalized spacial score (nSPS) is 12.6. The second-order valence-corrected chi connectivity index (χ2v) is 7.70. The van der Waals surface area contributed by atoms with Crippen LogP contribution in [-0.4, -0.2) is 25.8 Å². The van der Waals surface area contributed by atoms with Crippen LogP contribution in [0.3, 0.4) is 0 Å². The number of aryl methyl sites for hydroxylation is 2. The number of sulfonamides is 1. The molecule has 5 heteroatoms. The first-order chi connectivity index (χ1) is 7.84. The summed E-state index contributed by atoms with van der Waals surface area (Å²) in [6.45, 7) is 7.84. The molecule has 1 rings (SSSR count). The molecule has 1 aromatic heterocycles. The first-order valence-electron chi connectivity index (χ1n) is 5.89. The third-order valence-corrected chi connectivity index (χ3v) is 6.24. The molecule has 0 atom stereocenters. The molecule has 0 aliphatic rings. The third kappa shape index (κ3) is 2.89. The van der Waals surface area contributed by atoms with Crippen LogP contribution >= 0.6 is 11.3 Å². The summed E-state index contributed by atoms with van der Waals surface area (Å²) in [5, 5.41) is 0. The molecule has 0 saturated carbocycles. The van der Waals surface area contributed by atoms with Gasteiger partial charge in [0.2, 0.25) is 10.0 Å². The Morgan fingerprint density at radius 2 is 1.82 bits per heavy atom. The van der Waals surface area contributed by atoms with Crippen LogP contribution in [-0.2, 0) is 10.0 Å². The maximum atomic E-state index is 12.5. The van der Waals surface area contributed by atoms with E-state index in [1.54, 1.807) is 13.1 Å². The predicted molar refractivity (Wildman–Crippen MR) is 73.1 cm³/mol. The van der Waals surface area contributed by atoms with E-state index in [1.165, 1.54) is 15.6 Å². The summed E-state index contributed by atoms with van der Waals surface area (Å²) >= 11 is 1.53. The Morgan fingerprint density at radius 3 is 2.18 bits per heavy atom. The first kappa shape index (κ1) is 14.7. The van der Waals surface area contributed by atoms with Gasteiger partial charge < -0.3 is 0 Å². The van der Waals surface area contributed by atoms with Crippen LogP contribution in [0.25, 0.3) is 0 Å². The Bertz CT molecular complexity index is 473. The highest BCUT2D eigenvalue weighted by molar-refractivity contribution is 7.89. The quantitative estimate of drug-likeness (QED) is 0.827. The van der Waals surface area contributed by atoms with Gasteiger partial charge in [-0.05, 0) is 32.8 Å². The molecule has 0 saturated heterocycles. The van der Waals surface area contributed by atoms with E-state index in [-0.39, 0.29) is 6.04 Å². The van der Waals surface area contributed by atoms with Gasteiger partial charge in [0.25, 0.3) is 0 Å². The van der Waals surface area contributed by atoms with Crippen molar-refractivity contribution in [3.8, 4) is 0 Å². The van der Waals surface area contributed by atoms with Gasteiger partial charge >= 0.3 is 0 Å². The average molecular weight is 275 g/mol. The highest BCUT2D eigenvalue weighted by atomic mass is 32.2. The minimum atomic E-state index is -3.33. The van der Waals surface area contributed by atoms with E-state index in [1.807, 2.05) is 27.7 Å². The molecule has 17 heavy (non-hydrogen) atoms. The molecule has 0 radical (unpaired) electrons. The number of hydrogen-bond donors (Lipinski definition) is 0. The highest BCUT2D eigenvalue weighted by Gasteiger charge is 2.28. The van der Waals surface area contributed by atoms with Crippen LogP contribution in [0.4, 0.5) is 0 Å². The molecule has 0 spiro atoms. The van der Waals surface area contributed by atoms with Gasteiger partial charge in [0, 0.05) is 22.8 Å². The fourth-order valence-corrected chi connectivity index (χ4v) is 5.04. The maximum Gasteiger partial charge on any atom is 0.244 e. The van der Waals surface area contributed by atoms with Crippen molar-refractivity contribution in [2.24, 2.45) is 0 Å². The molecule has 3 nitrogen and oxygen atoms in total. The number of hydrogen-bond acceptors (Lipinski definition) is 3. The molecule has 0 N–H and O–H groups in total. The lowest BCUT2D eigenvalue weighted by Crippen LogP contribution is -2.36. The fraction of sp³-hybridized carbons (Fsp3) is 0.667. The van der Waals surface area contributed by atoms with E-state index in [2.05, 4.69) is 0 Å². The first-order valence-corrected chi connectivity index (χ1v) is 8.15. The van der Waals surface area contributed by atoms with Crippen molar-refractivity contribution in [2.45, 2.75) is 51.5 Å². The van der Waals surface area contributed by atoms with E-state index < -0.39 is 10.0 Å². The van der Waals surface area contributed by atoms with Crippen LogP contribution in [0.2, 0.25) is 0 Å². The van der Waals surface area contributed by atoms with Gasteiger partial charge in [0.1, 0.15) is 0 Å². The Kier molecular flexibility index (Phi) is 4.75. The molecule has 1 aromatic rings. The summed E-state index contributed by atoms with van der Waals surface area (Å²) in [7, 11) is -1.65. The zero-order valence-corrected chi connectivity index (χ0v) is 12.8. The Hall–Kier alpha value is -0.390. The Balaban J connectivity index is 3.15. The zero-order valence-electron chi connectivity index (χ0n) is 11.1. The summed E-state index contributed by atoms with van der Waals surface area (Å²) in [4.78, 5) is 2.38. The van der Waals surface area contributed by atoms with Gasteiger partial charge in [-0.15, -0.1) is 11.3 Å². The minimum Gasteiger partial charge on any atom is -0.207 e. The molecular formula is C12H21NO2S2. The largest absolute Gasteiger partial charge is 0.244 e. The molecule has 0 bridgehead atoms. The van der Waals surface area contributed by atoms with E-state index in [0.29, 0.717) is 4.90 Å². The van der Waals surface area contributed by atoms with Crippen molar-refractivity contribution in [1.29, 1.82) is 0 Å². The number of thiophene rings is 1. The van der Waals surface area contributed by atoms with Crippen molar-refractivity contribution in [3.63, 3.8) is 0 Å². The molecule has 0 amide bonds. The van der Waals surface area contributed by atoms with E-state index in [0.717, 1.165) is 22.6 Å². The van der Waals surface area contributed by atoms with Crippen molar-refractivity contribution in [2.75, 3.05) is 7.05 Å². The van der Waals surface area contributed by atoms with Crippen LogP contribution in [0.15, 0.2) is 11.0 Å². The van der Waals surface area contributed by atoms with Crippen molar-refractivity contribution < 1.29 is 8.42 Å². The molecule has 0 aliphatic carbocycles. The molecular weight excluding hydrogens is 254 g/mol. The maximum absolute atomic E-state index is 12.5. The molecule has 0 unspecified atom stereocenters. The summed E-state index contributed by atoms with van der Waals surface area (Å²) in [6, 6.07) is 1.86.